The predicted octanol–water partition coefficient (Wildman–Crippen LogP) is 4.09. The van der Waals surface area contributed by atoms with Crippen LogP contribution < -0.4 is 0 Å². The van der Waals surface area contributed by atoms with E-state index in [4.69, 9.17) is 4.55 Å². The lowest BCUT2D eigenvalue weighted by atomic mass is 10.1. The van der Waals surface area contributed by atoms with Gasteiger partial charge in [-0.15, -0.1) is 0 Å². The van der Waals surface area contributed by atoms with Crippen LogP contribution in [-0.4, -0.2) is 18.0 Å². The van der Waals surface area contributed by atoms with E-state index in [0.29, 0.717) is 5.56 Å². The van der Waals surface area contributed by atoms with Crippen molar-refractivity contribution < 1.29 is 13.0 Å². The van der Waals surface area contributed by atoms with Gasteiger partial charge in [-0.1, -0.05) is 42.0 Å². The van der Waals surface area contributed by atoms with Crippen molar-refractivity contribution in [1.29, 1.82) is 0 Å². The third-order valence-electron chi connectivity index (χ3n) is 3.38. The molecule has 0 fully saturated rings. The van der Waals surface area contributed by atoms with Crippen molar-refractivity contribution in [2.45, 2.75) is 25.7 Å². The lowest BCUT2D eigenvalue weighted by Gasteiger charge is -2.02. The normalized spacial score (nSPS) is 11.0. The van der Waals surface area contributed by atoms with E-state index in [0.717, 1.165) is 11.3 Å². The fourth-order valence-electron chi connectivity index (χ4n) is 2.28. The number of hydrogen-bond donors (Lipinski definition) is 1. The zero-order valence-corrected chi connectivity index (χ0v) is 14.1. The SMILES string of the molecule is Cc1cc2ccccc2cn1.Cc1ccc(S(=O)(=O)O)c(C)c1. The maximum Gasteiger partial charge on any atom is 0.294 e. The third kappa shape index (κ3) is 4.61. The Hall–Kier alpha value is -2.24. The number of aromatic nitrogens is 1. The molecular formula is C18H19NO3S. The van der Waals surface area contributed by atoms with Crippen LogP contribution >= 0.6 is 0 Å². The van der Waals surface area contributed by atoms with E-state index >= 15 is 0 Å². The Balaban J connectivity index is 0.000000167. The summed E-state index contributed by atoms with van der Waals surface area (Å²) >= 11 is 0. The van der Waals surface area contributed by atoms with Crippen LogP contribution in [0.4, 0.5) is 0 Å². The van der Waals surface area contributed by atoms with Crippen LogP contribution in [0.15, 0.2) is 59.6 Å². The zero-order valence-electron chi connectivity index (χ0n) is 13.3. The maximum absolute atomic E-state index is 10.7. The average molecular weight is 329 g/mol. The first-order chi connectivity index (χ1) is 10.8. The Bertz CT molecular complexity index is 934. The second-order valence-electron chi connectivity index (χ2n) is 5.42. The number of fused-ring (bicyclic) bond motifs is 1. The third-order valence-corrected chi connectivity index (χ3v) is 4.39. The van der Waals surface area contributed by atoms with Crippen molar-refractivity contribution in [1.82, 2.24) is 4.98 Å². The molecule has 0 aliphatic heterocycles. The van der Waals surface area contributed by atoms with Crippen LogP contribution in [0.1, 0.15) is 16.8 Å². The topological polar surface area (TPSA) is 67.3 Å². The van der Waals surface area contributed by atoms with E-state index in [1.54, 1.807) is 19.1 Å². The van der Waals surface area contributed by atoms with Crippen LogP contribution in [0.5, 0.6) is 0 Å². The highest BCUT2D eigenvalue weighted by molar-refractivity contribution is 7.85. The maximum atomic E-state index is 10.7. The van der Waals surface area contributed by atoms with Crippen LogP contribution in [-0.2, 0) is 10.1 Å². The zero-order chi connectivity index (χ0) is 17.0. The first-order valence-electron chi connectivity index (χ1n) is 7.13. The highest BCUT2D eigenvalue weighted by atomic mass is 32.2. The van der Waals surface area contributed by atoms with E-state index in [9.17, 15) is 8.42 Å². The standard InChI is InChI=1S/C10H9N.C8H10O3S/c1-8-6-9-4-2-3-5-10(9)7-11-8;1-6-3-4-8(7(2)5-6)12(9,10)11/h2-7H,1H3;3-5H,1-2H3,(H,9,10,11). The first kappa shape index (κ1) is 17.1. The van der Waals surface area contributed by atoms with Crippen LogP contribution in [0.2, 0.25) is 0 Å². The summed E-state index contributed by atoms with van der Waals surface area (Å²) in [5, 5.41) is 2.47. The smallest absolute Gasteiger partial charge is 0.282 e. The molecule has 0 radical (unpaired) electrons. The number of rotatable bonds is 1. The summed E-state index contributed by atoms with van der Waals surface area (Å²) in [7, 11) is -4.05. The van der Waals surface area contributed by atoms with Crippen molar-refractivity contribution in [2.75, 3.05) is 0 Å². The molecule has 0 amide bonds. The van der Waals surface area contributed by atoms with Gasteiger partial charge in [0, 0.05) is 17.3 Å². The van der Waals surface area contributed by atoms with Crippen molar-refractivity contribution in [3.8, 4) is 0 Å². The molecule has 23 heavy (non-hydrogen) atoms. The molecule has 1 aromatic heterocycles. The van der Waals surface area contributed by atoms with E-state index in [1.165, 1.54) is 16.8 Å². The molecule has 0 saturated heterocycles. The summed E-state index contributed by atoms with van der Waals surface area (Å²) in [6, 6.07) is 15.1. The summed E-state index contributed by atoms with van der Waals surface area (Å²) in [5.41, 5.74) is 2.61. The van der Waals surface area contributed by atoms with E-state index < -0.39 is 10.1 Å². The van der Waals surface area contributed by atoms with Crippen LogP contribution in [0.25, 0.3) is 10.8 Å². The fraction of sp³-hybridized carbons (Fsp3) is 0.167. The molecule has 4 nitrogen and oxygen atoms in total. The van der Waals surface area contributed by atoms with Gasteiger partial charge in [-0.2, -0.15) is 8.42 Å². The second-order valence-corrected chi connectivity index (χ2v) is 6.81. The molecule has 0 atom stereocenters. The quantitative estimate of drug-likeness (QED) is 0.683. The number of hydrogen-bond acceptors (Lipinski definition) is 3. The van der Waals surface area contributed by atoms with Crippen molar-refractivity contribution in [3.63, 3.8) is 0 Å². The highest BCUT2D eigenvalue weighted by Gasteiger charge is 2.11. The van der Waals surface area contributed by atoms with Gasteiger partial charge < -0.3 is 0 Å². The van der Waals surface area contributed by atoms with Crippen molar-refractivity contribution in [3.05, 3.63) is 71.5 Å². The molecule has 5 heteroatoms. The molecule has 0 aliphatic rings. The minimum absolute atomic E-state index is 0.0203. The van der Waals surface area contributed by atoms with Crippen molar-refractivity contribution >= 4 is 20.9 Å². The van der Waals surface area contributed by atoms with E-state index in [1.807, 2.05) is 32.2 Å². The Morgan fingerprint density at radius 3 is 2.17 bits per heavy atom. The Morgan fingerprint density at radius 1 is 0.913 bits per heavy atom. The van der Waals surface area contributed by atoms with Gasteiger partial charge in [0.1, 0.15) is 0 Å². The monoisotopic (exact) mass is 329 g/mol. The Labute approximate surface area is 136 Å². The van der Waals surface area contributed by atoms with Crippen LogP contribution in [0.3, 0.4) is 0 Å². The lowest BCUT2D eigenvalue weighted by molar-refractivity contribution is 0.482. The molecular weight excluding hydrogens is 310 g/mol. The molecule has 2 aromatic carbocycles. The second kappa shape index (κ2) is 6.89. The molecule has 0 bridgehead atoms. The van der Waals surface area contributed by atoms with Gasteiger partial charge >= 0.3 is 0 Å². The largest absolute Gasteiger partial charge is 0.294 e. The molecule has 0 spiro atoms. The molecule has 120 valence electrons. The number of nitrogens with zero attached hydrogens (tertiary/aromatic N) is 1. The van der Waals surface area contributed by atoms with E-state index in [2.05, 4.69) is 23.2 Å². The molecule has 0 unspecified atom stereocenters. The summed E-state index contributed by atoms with van der Waals surface area (Å²) in [6.45, 7) is 5.52. The summed E-state index contributed by atoms with van der Waals surface area (Å²) in [4.78, 5) is 4.19. The molecule has 0 aliphatic carbocycles. The van der Waals surface area contributed by atoms with Crippen LogP contribution in [0, 0.1) is 20.8 Å². The van der Waals surface area contributed by atoms with Crippen molar-refractivity contribution in [2.24, 2.45) is 0 Å². The molecule has 3 aromatic rings. The molecule has 1 N–H and O–H groups in total. The summed E-state index contributed by atoms with van der Waals surface area (Å²) < 4.78 is 30.2. The predicted molar refractivity (Wildman–Crippen MR) is 92.2 cm³/mol. The minimum atomic E-state index is -4.05. The van der Waals surface area contributed by atoms with Gasteiger partial charge in [0.25, 0.3) is 10.1 Å². The summed E-state index contributed by atoms with van der Waals surface area (Å²) in [5.74, 6) is 0. The van der Waals surface area contributed by atoms with Gasteiger partial charge in [-0.25, -0.2) is 0 Å². The minimum Gasteiger partial charge on any atom is -0.282 e. The summed E-state index contributed by atoms with van der Waals surface area (Å²) in [6.07, 6.45) is 1.91. The Morgan fingerprint density at radius 2 is 1.57 bits per heavy atom. The van der Waals surface area contributed by atoms with Gasteiger partial charge in [-0.3, -0.25) is 9.54 Å². The fourth-order valence-corrected chi connectivity index (χ4v) is 2.99. The average Bonchev–Trinajstić information content (AvgIpc) is 2.46. The van der Waals surface area contributed by atoms with Gasteiger partial charge in [0.15, 0.2) is 0 Å². The number of aryl methyl sites for hydroxylation is 3. The van der Waals surface area contributed by atoms with Gasteiger partial charge in [0.2, 0.25) is 0 Å². The highest BCUT2D eigenvalue weighted by Crippen LogP contribution is 2.15. The van der Waals surface area contributed by atoms with Gasteiger partial charge in [-0.05, 0) is 43.9 Å². The molecule has 3 rings (SSSR count). The first-order valence-corrected chi connectivity index (χ1v) is 8.57. The molecule has 0 saturated carbocycles. The molecule has 1 heterocycles. The van der Waals surface area contributed by atoms with Gasteiger partial charge in [0.05, 0.1) is 4.90 Å². The Kier molecular flexibility index (Phi) is 5.13. The van der Waals surface area contributed by atoms with E-state index in [-0.39, 0.29) is 4.90 Å². The lowest BCUT2D eigenvalue weighted by Crippen LogP contribution is -2.00. The number of pyridine rings is 1. The number of benzene rings is 2.